The predicted molar refractivity (Wildman–Crippen MR) is 109 cm³/mol. The van der Waals surface area contributed by atoms with Gasteiger partial charge in [0.15, 0.2) is 0 Å². The number of hydrogen-bond acceptors (Lipinski definition) is 3. The van der Waals surface area contributed by atoms with E-state index in [4.69, 9.17) is 0 Å². The van der Waals surface area contributed by atoms with Crippen LogP contribution in [0.1, 0.15) is 42.1 Å². The van der Waals surface area contributed by atoms with Crippen LogP contribution in [0.25, 0.3) is 0 Å². The van der Waals surface area contributed by atoms with Gasteiger partial charge in [-0.05, 0) is 30.7 Å². The fraction of sp³-hybridized carbons (Fsp3) is 0.391. The third-order valence-corrected chi connectivity index (χ3v) is 5.65. The van der Waals surface area contributed by atoms with Gasteiger partial charge in [-0.3, -0.25) is 9.59 Å². The van der Waals surface area contributed by atoms with E-state index in [9.17, 15) is 19.1 Å². The van der Waals surface area contributed by atoms with E-state index in [1.807, 2.05) is 37.3 Å². The van der Waals surface area contributed by atoms with Gasteiger partial charge in [-0.25, -0.2) is 4.39 Å². The molecule has 0 aliphatic carbocycles. The summed E-state index contributed by atoms with van der Waals surface area (Å²) in [5.41, 5.74) is 1.32. The monoisotopic (exact) mass is 398 g/mol. The lowest BCUT2D eigenvalue weighted by Crippen LogP contribution is -2.68. The Morgan fingerprint density at radius 1 is 1.07 bits per heavy atom. The second kappa shape index (κ2) is 9.18. The first-order chi connectivity index (χ1) is 14.0. The lowest BCUT2D eigenvalue weighted by Gasteiger charge is -2.56. The molecule has 2 aromatic carbocycles. The molecule has 1 aliphatic rings. The van der Waals surface area contributed by atoms with Crippen molar-refractivity contribution in [2.45, 2.75) is 38.3 Å². The van der Waals surface area contributed by atoms with Crippen molar-refractivity contribution in [3.63, 3.8) is 0 Å². The fourth-order valence-corrected chi connectivity index (χ4v) is 4.21. The molecule has 1 aliphatic heterocycles. The van der Waals surface area contributed by atoms with Crippen molar-refractivity contribution in [2.75, 3.05) is 19.7 Å². The highest BCUT2D eigenvalue weighted by Gasteiger charge is 2.51. The van der Waals surface area contributed by atoms with Gasteiger partial charge < -0.3 is 14.9 Å². The van der Waals surface area contributed by atoms with Crippen LogP contribution in [0.3, 0.4) is 0 Å². The molecule has 2 amide bonds. The van der Waals surface area contributed by atoms with Gasteiger partial charge in [0.05, 0.1) is 18.7 Å². The molecule has 0 aromatic heterocycles. The van der Waals surface area contributed by atoms with Gasteiger partial charge in [-0.1, -0.05) is 43.3 Å². The van der Waals surface area contributed by atoms with Gasteiger partial charge in [-0.15, -0.1) is 0 Å². The second-order valence-electron chi connectivity index (χ2n) is 7.26. The maximum absolute atomic E-state index is 13.6. The van der Waals surface area contributed by atoms with Gasteiger partial charge in [0.1, 0.15) is 5.82 Å². The number of amides is 2. The van der Waals surface area contributed by atoms with Gasteiger partial charge in [0.2, 0.25) is 5.91 Å². The minimum atomic E-state index is -0.458. The van der Waals surface area contributed by atoms with Gasteiger partial charge in [-0.2, -0.15) is 0 Å². The molecular formula is C23H27FN2O3. The van der Waals surface area contributed by atoms with Crippen molar-refractivity contribution in [3.05, 3.63) is 71.5 Å². The SMILES string of the molecule is CCC(=O)N1[C@H](CN(CC)C(=O)c2cccc(F)c2)[C@H](c2ccccc2)[C@@H]1CO. The predicted octanol–water partition coefficient (Wildman–Crippen LogP) is 3.05. The first-order valence-electron chi connectivity index (χ1n) is 10.0. The van der Waals surface area contributed by atoms with E-state index in [1.54, 1.807) is 22.8 Å². The van der Waals surface area contributed by atoms with Crippen LogP contribution >= 0.6 is 0 Å². The maximum atomic E-state index is 13.6. The Bertz CT molecular complexity index is 858. The van der Waals surface area contributed by atoms with Crippen molar-refractivity contribution in [3.8, 4) is 0 Å². The fourth-order valence-electron chi connectivity index (χ4n) is 4.21. The van der Waals surface area contributed by atoms with Gasteiger partial charge in [0, 0.05) is 31.0 Å². The average Bonchev–Trinajstić information content (AvgIpc) is 2.73. The summed E-state index contributed by atoms with van der Waals surface area (Å²) in [6, 6.07) is 14.8. The summed E-state index contributed by atoms with van der Waals surface area (Å²) in [7, 11) is 0. The van der Waals surface area contributed by atoms with Crippen molar-refractivity contribution in [1.82, 2.24) is 9.80 Å². The van der Waals surface area contributed by atoms with Crippen molar-refractivity contribution in [2.24, 2.45) is 0 Å². The number of carbonyl (C=O) groups excluding carboxylic acids is 2. The number of nitrogens with zero attached hydrogens (tertiary/aromatic N) is 2. The maximum Gasteiger partial charge on any atom is 0.254 e. The Balaban J connectivity index is 1.88. The zero-order valence-corrected chi connectivity index (χ0v) is 16.8. The Morgan fingerprint density at radius 2 is 1.79 bits per heavy atom. The van der Waals surface area contributed by atoms with E-state index in [0.717, 1.165) is 5.56 Å². The number of halogens is 1. The number of likely N-dealkylation sites (N-methyl/N-ethyl adjacent to an activating group) is 1. The number of rotatable bonds is 7. The molecule has 1 fully saturated rings. The van der Waals surface area contributed by atoms with Crippen molar-refractivity contribution in [1.29, 1.82) is 0 Å². The van der Waals surface area contributed by atoms with E-state index >= 15 is 0 Å². The molecule has 3 atom stereocenters. The number of carbonyl (C=O) groups is 2. The third-order valence-electron chi connectivity index (χ3n) is 5.65. The molecule has 0 spiro atoms. The van der Waals surface area contributed by atoms with E-state index in [1.165, 1.54) is 18.2 Å². The molecule has 5 nitrogen and oxygen atoms in total. The molecule has 0 saturated carbocycles. The first-order valence-corrected chi connectivity index (χ1v) is 10.0. The van der Waals surface area contributed by atoms with Crippen LogP contribution in [0, 0.1) is 5.82 Å². The van der Waals surface area contributed by atoms with Crippen LogP contribution in [0.4, 0.5) is 4.39 Å². The van der Waals surface area contributed by atoms with E-state index in [2.05, 4.69) is 0 Å². The Hall–Kier alpha value is -2.73. The summed E-state index contributed by atoms with van der Waals surface area (Å²) in [4.78, 5) is 28.9. The molecule has 1 N–H and O–H groups in total. The first kappa shape index (κ1) is 21.0. The second-order valence-corrected chi connectivity index (χ2v) is 7.26. The highest BCUT2D eigenvalue weighted by molar-refractivity contribution is 5.94. The van der Waals surface area contributed by atoms with Crippen molar-refractivity contribution < 1.29 is 19.1 Å². The quantitative estimate of drug-likeness (QED) is 0.780. The number of likely N-dealkylation sites (tertiary alicyclic amines) is 1. The van der Waals surface area contributed by atoms with Crippen LogP contribution in [-0.2, 0) is 4.79 Å². The lowest BCUT2D eigenvalue weighted by molar-refractivity contribution is -0.151. The van der Waals surface area contributed by atoms with Gasteiger partial charge >= 0.3 is 0 Å². The largest absolute Gasteiger partial charge is 0.394 e. The van der Waals surface area contributed by atoms with E-state index < -0.39 is 5.82 Å². The Morgan fingerprint density at radius 3 is 2.38 bits per heavy atom. The summed E-state index contributed by atoms with van der Waals surface area (Å²) in [6.07, 6.45) is 0.332. The molecule has 3 rings (SSSR count). The molecule has 6 heteroatoms. The minimum absolute atomic E-state index is 0.0458. The lowest BCUT2D eigenvalue weighted by atomic mass is 9.74. The van der Waals surface area contributed by atoms with E-state index in [0.29, 0.717) is 19.5 Å². The molecule has 1 saturated heterocycles. The molecule has 29 heavy (non-hydrogen) atoms. The molecule has 0 bridgehead atoms. The van der Waals surface area contributed by atoms with Crippen LogP contribution in [-0.4, -0.2) is 58.5 Å². The van der Waals surface area contributed by atoms with Gasteiger partial charge in [0.25, 0.3) is 5.91 Å². The summed E-state index contributed by atoms with van der Waals surface area (Å²) in [5, 5.41) is 9.94. The molecule has 0 radical (unpaired) electrons. The van der Waals surface area contributed by atoms with E-state index in [-0.39, 0.29) is 42.0 Å². The summed E-state index contributed by atoms with van der Waals surface area (Å²) in [5.74, 6) is -0.836. The topological polar surface area (TPSA) is 60.9 Å². The smallest absolute Gasteiger partial charge is 0.254 e. The summed E-state index contributed by atoms with van der Waals surface area (Å²) < 4.78 is 13.6. The Labute approximate surface area is 170 Å². The zero-order valence-electron chi connectivity index (χ0n) is 16.8. The van der Waals surface area contributed by atoms with Crippen LogP contribution in [0.15, 0.2) is 54.6 Å². The molecule has 2 aromatic rings. The highest BCUT2D eigenvalue weighted by Crippen LogP contribution is 2.41. The third kappa shape index (κ3) is 4.17. The molecule has 1 heterocycles. The number of hydrogen-bond donors (Lipinski definition) is 1. The highest BCUT2D eigenvalue weighted by atomic mass is 19.1. The molecule has 154 valence electrons. The zero-order chi connectivity index (χ0) is 21.0. The minimum Gasteiger partial charge on any atom is -0.394 e. The van der Waals surface area contributed by atoms with Crippen LogP contribution < -0.4 is 0 Å². The summed E-state index contributed by atoms with van der Waals surface area (Å²) in [6.45, 7) is 4.28. The van der Waals surface area contributed by atoms with Crippen LogP contribution in [0.5, 0.6) is 0 Å². The van der Waals surface area contributed by atoms with Crippen molar-refractivity contribution >= 4 is 11.8 Å². The normalized spacial score (nSPS) is 20.8. The standard InChI is InChI=1S/C23H27FN2O3/c1-3-21(28)26-19(22(20(26)15-27)16-9-6-5-7-10-16)14-25(4-2)23(29)17-11-8-12-18(24)13-17/h5-13,19-20,22,27H,3-4,14-15H2,1-2H3/t19-,20+,22+/m1/s1. The molecular weight excluding hydrogens is 371 g/mol. The van der Waals surface area contributed by atoms with Crippen LogP contribution in [0.2, 0.25) is 0 Å². The number of benzene rings is 2. The number of aliphatic hydroxyl groups is 1. The average molecular weight is 398 g/mol. The summed E-state index contributed by atoms with van der Waals surface area (Å²) >= 11 is 0. The Kier molecular flexibility index (Phi) is 6.64. The number of aliphatic hydroxyl groups excluding tert-OH is 1. The molecule has 0 unspecified atom stereocenters.